The molecule has 20 heavy (non-hydrogen) atoms. The van der Waals surface area contributed by atoms with Crippen LogP contribution in [0.3, 0.4) is 0 Å². The van der Waals surface area contributed by atoms with Crippen molar-refractivity contribution in [2.24, 2.45) is 5.92 Å². The molecule has 1 fully saturated rings. The number of ether oxygens (including phenoxy) is 1. The third-order valence-electron chi connectivity index (χ3n) is 3.68. The van der Waals surface area contributed by atoms with Gasteiger partial charge in [-0.1, -0.05) is 12.1 Å². The predicted octanol–water partition coefficient (Wildman–Crippen LogP) is 0.713. The maximum absolute atomic E-state index is 10.0. The number of hydrogen-bond donors (Lipinski definition) is 3. The number of aliphatic hydroxyl groups excluding tert-OH is 2. The van der Waals surface area contributed by atoms with Crippen molar-refractivity contribution >= 4 is 5.69 Å². The zero-order chi connectivity index (χ0) is 14.4. The minimum Gasteiger partial charge on any atom is -0.489 e. The summed E-state index contributed by atoms with van der Waals surface area (Å²) in [4.78, 5) is 2.19. The Labute approximate surface area is 120 Å². The Kier molecular flexibility index (Phi) is 5.64. The molecule has 1 saturated heterocycles. The number of rotatable bonds is 6. The van der Waals surface area contributed by atoms with Gasteiger partial charge in [0.15, 0.2) is 0 Å². The molecule has 1 aromatic carbocycles. The van der Waals surface area contributed by atoms with Gasteiger partial charge < -0.3 is 25.6 Å². The Morgan fingerprint density at radius 2 is 2.20 bits per heavy atom. The van der Waals surface area contributed by atoms with Crippen LogP contribution < -0.4 is 10.5 Å². The van der Waals surface area contributed by atoms with Gasteiger partial charge in [0.1, 0.15) is 18.5 Å². The largest absolute Gasteiger partial charge is 0.489 e. The smallest absolute Gasteiger partial charge is 0.142 e. The van der Waals surface area contributed by atoms with Crippen LogP contribution in [0.1, 0.15) is 12.8 Å². The van der Waals surface area contributed by atoms with Crippen molar-refractivity contribution < 1.29 is 14.9 Å². The zero-order valence-corrected chi connectivity index (χ0v) is 11.7. The predicted molar refractivity (Wildman–Crippen MR) is 78.6 cm³/mol. The molecule has 0 aromatic heterocycles. The van der Waals surface area contributed by atoms with E-state index in [0.717, 1.165) is 25.9 Å². The van der Waals surface area contributed by atoms with Gasteiger partial charge in [-0.25, -0.2) is 0 Å². The average Bonchev–Trinajstić information content (AvgIpc) is 2.46. The number of piperidine rings is 1. The third kappa shape index (κ3) is 4.37. The number of likely N-dealkylation sites (tertiary alicyclic amines) is 1. The summed E-state index contributed by atoms with van der Waals surface area (Å²) in [7, 11) is 0. The summed E-state index contributed by atoms with van der Waals surface area (Å²) < 4.78 is 5.54. The van der Waals surface area contributed by atoms with Crippen LogP contribution in [0.15, 0.2) is 24.3 Å². The average molecular weight is 280 g/mol. The highest BCUT2D eigenvalue weighted by Gasteiger charge is 2.21. The number of aliphatic hydroxyl groups is 2. The van der Waals surface area contributed by atoms with Gasteiger partial charge in [-0.2, -0.15) is 0 Å². The van der Waals surface area contributed by atoms with E-state index in [4.69, 9.17) is 10.5 Å². The molecule has 2 unspecified atom stereocenters. The maximum Gasteiger partial charge on any atom is 0.142 e. The standard InChI is InChI=1S/C15H24N2O3/c16-14-5-1-2-6-15(14)20-11-13(19)9-17-7-3-4-12(8-17)10-18/h1-2,5-6,12-13,18-19H,3-4,7-11,16H2. The van der Waals surface area contributed by atoms with Gasteiger partial charge in [0.25, 0.3) is 0 Å². The van der Waals surface area contributed by atoms with Gasteiger partial charge in [0.2, 0.25) is 0 Å². The lowest BCUT2D eigenvalue weighted by Crippen LogP contribution is -2.42. The van der Waals surface area contributed by atoms with Crippen molar-refractivity contribution in [1.29, 1.82) is 0 Å². The van der Waals surface area contributed by atoms with E-state index < -0.39 is 6.10 Å². The molecule has 0 radical (unpaired) electrons. The Morgan fingerprint density at radius 1 is 1.40 bits per heavy atom. The molecule has 0 bridgehead atoms. The van der Waals surface area contributed by atoms with E-state index >= 15 is 0 Å². The number of nitrogen functional groups attached to an aromatic ring is 1. The first-order valence-electron chi connectivity index (χ1n) is 7.17. The molecule has 1 heterocycles. The van der Waals surface area contributed by atoms with E-state index in [2.05, 4.69) is 4.90 Å². The van der Waals surface area contributed by atoms with Crippen LogP contribution >= 0.6 is 0 Å². The Balaban J connectivity index is 1.75. The summed E-state index contributed by atoms with van der Waals surface area (Å²) in [6.07, 6.45) is 1.59. The van der Waals surface area contributed by atoms with Crippen LogP contribution in [0.5, 0.6) is 5.75 Å². The van der Waals surface area contributed by atoms with Crippen LogP contribution in [0.2, 0.25) is 0 Å². The minimum atomic E-state index is -0.549. The number of hydrogen-bond acceptors (Lipinski definition) is 5. The fraction of sp³-hybridized carbons (Fsp3) is 0.600. The molecule has 4 N–H and O–H groups in total. The molecule has 0 saturated carbocycles. The molecule has 0 aliphatic carbocycles. The summed E-state index contributed by atoms with van der Waals surface area (Å²) >= 11 is 0. The molecule has 1 aromatic rings. The quantitative estimate of drug-likeness (QED) is 0.669. The number of nitrogens with zero attached hydrogens (tertiary/aromatic N) is 1. The van der Waals surface area contributed by atoms with E-state index in [1.165, 1.54) is 0 Å². The fourth-order valence-corrected chi connectivity index (χ4v) is 2.61. The number of para-hydroxylation sites is 2. The molecule has 2 atom stereocenters. The maximum atomic E-state index is 10.0. The molecular formula is C15H24N2O3. The van der Waals surface area contributed by atoms with E-state index in [9.17, 15) is 10.2 Å². The lowest BCUT2D eigenvalue weighted by molar-refractivity contribution is 0.0433. The Bertz CT molecular complexity index is 414. The first-order valence-corrected chi connectivity index (χ1v) is 7.17. The summed E-state index contributed by atoms with van der Waals surface area (Å²) in [5, 5.41) is 19.2. The first kappa shape index (κ1) is 15.1. The summed E-state index contributed by atoms with van der Waals surface area (Å²) in [6, 6.07) is 7.28. The molecule has 5 nitrogen and oxygen atoms in total. The van der Waals surface area contributed by atoms with Crippen LogP contribution in [0.25, 0.3) is 0 Å². The Morgan fingerprint density at radius 3 is 2.95 bits per heavy atom. The normalized spacial score (nSPS) is 21.6. The van der Waals surface area contributed by atoms with Crippen LogP contribution in [-0.2, 0) is 0 Å². The van der Waals surface area contributed by atoms with Crippen molar-refractivity contribution in [3.8, 4) is 5.75 Å². The molecule has 0 spiro atoms. The van der Waals surface area contributed by atoms with E-state index in [1.54, 1.807) is 12.1 Å². The lowest BCUT2D eigenvalue weighted by atomic mass is 9.99. The molecule has 0 amide bonds. The minimum absolute atomic E-state index is 0.226. The number of anilines is 1. The Hall–Kier alpha value is -1.30. The lowest BCUT2D eigenvalue weighted by Gasteiger charge is -2.33. The van der Waals surface area contributed by atoms with E-state index in [1.807, 2.05) is 12.1 Å². The number of nitrogens with two attached hydrogens (primary N) is 1. The van der Waals surface area contributed by atoms with Crippen LogP contribution in [0, 0.1) is 5.92 Å². The van der Waals surface area contributed by atoms with Crippen molar-refractivity contribution in [2.75, 3.05) is 38.6 Å². The summed E-state index contributed by atoms with van der Waals surface area (Å²) in [5.74, 6) is 0.945. The second-order valence-corrected chi connectivity index (χ2v) is 5.45. The highest BCUT2D eigenvalue weighted by atomic mass is 16.5. The molecule has 2 rings (SSSR count). The summed E-state index contributed by atoms with van der Waals surface area (Å²) in [6.45, 7) is 2.85. The van der Waals surface area contributed by atoms with Gasteiger partial charge in [0, 0.05) is 19.7 Å². The van der Waals surface area contributed by atoms with Crippen molar-refractivity contribution in [3.05, 3.63) is 24.3 Å². The fourth-order valence-electron chi connectivity index (χ4n) is 2.61. The molecule has 1 aliphatic rings. The topological polar surface area (TPSA) is 79.0 Å². The van der Waals surface area contributed by atoms with Crippen molar-refractivity contribution in [2.45, 2.75) is 18.9 Å². The van der Waals surface area contributed by atoms with Gasteiger partial charge in [0.05, 0.1) is 5.69 Å². The van der Waals surface area contributed by atoms with Crippen molar-refractivity contribution in [1.82, 2.24) is 4.90 Å². The second-order valence-electron chi connectivity index (χ2n) is 5.45. The van der Waals surface area contributed by atoms with Crippen LogP contribution in [0.4, 0.5) is 5.69 Å². The third-order valence-corrected chi connectivity index (χ3v) is 3.68. The number of benzene rings is 1. The van der Waals surface area contributed by atoms with Crippen LogP contribution in [-0.4, -0.2) is 54.1 Å². The molecule has 1 aliphatic heterocycles. The SMILES string of the molecule is Nc1ccccc1OCC(O)CN1CCCC(CO)C1. The molecule has 112 valence electrons. The highest BCUT2D eigenvalue weighted by molar-refractivity contribution is 5.51. The summed E-state index contributed by atoms with van der Waals surface area (Å²) in [5.41, 5.74) is 6.36. The van der Waals surface area contributed by atoms with E-state index in [0.29, 0.717) is 23.9 Å². The highest BCUT2D eigenvalue weighted by Crippen LogP contribution is 2.20. The van der Waals surface area contributed by atoms with Crippen molar-refractivity contribution in [3.63, 3.8) is 0 Å². The monoisotopic (exact) mass is 280 g/mol. The number of β-amino-alcohol motifs (C(OH)–C–C–N with tert-alkyl or cyclic N) is 1. The first-order chi connectivity index (χ1) is 9.69. The molecular weight excluding hydrogens is 256 g/mol. The second kappa shape index (κ2) is 7.47. The van der Waals surface area contributed by atoms with Gasteiger partial charge in [-0.05, 0) is 37.4 Å². The molecule has 5 heteroatoms. The van der Waals surface area contributed by atoms with Gasteiger partial charge in [-0.3, -0.25) is 0 Å². The van der Waals surface area contributed by atoms with Gasteiger partial charge >= 0.3 is 0 Å². The van der Waals surface area contributed by atoms with Gasteiger partial charge in [-0.15, -0.1) is 0 Å². The zero-order valence-electron chi connectivity index (χ0n) is 11.7. The van der Waals surface area contributed by atoms with E-state index in [-0.39, 0.29) is 13.2 Å².